The Morgan fingerprint density at radius 2 is 1.82 bits per heavy atom. The molecule has 1 saturated heterocycles. The van der Waals surface area contributed by atoms with Gasteiger partial charge in [-0.1, -0.05) is 13.8 Å². The molecule has 184 valence electrons. The van der Waals surface area contributed by atoms with E-state index in [9.17, 15) is 19.2 Å². The quantitative estimate of drug-likeness (QED) is 0.478. The van der Waals surface area contributed by atoms with Gasteiger partial charge in [0.25, 0.3) is 0 Å². The zero-order valence-corrected chi connectivity index (χ0v) is 20.0. The number of esters is 4. The van der Waals surface area contributed by atoms with Gasteiger partial charge in [-0.3, -0.25) is 14.4 Å². The molecule has 0 N–H and O–H groups in total. The van der Waals surface area contributed by atoms with Gasteiger partial charge in [0.2, 0.25) is 0 Å². The highest BCUT2D eigenvalue weighted by molar-refractivity contribution is 5.91. The first-order valence-corrected chi connectivity index (χ1v) is 11.4. The maximum atomic E-state index is 13.2. The van der Waals surface area contributed by atoms with E-state index in [1.54, 1.807) is 6.07 Å². The number of furan rings is 1. The summed E-state index contributed by atoms with van der Waals surface area (Å²) in [7, 11) is 1.29. The molecule has 7 atom stereocenters. The highest BCUT2D eigenvalue weighted by Gasteiger charge is 2.66. The van der Waals surface area contributed by atoms with Crippen molar-refractivity contribution in [3.05, 3.63) is 35.8 Å². The SMILES string of the molecule is COC(=O)C1=C[C@H](OC(C)=O)[C@H](OC(C)=O)C2[C@@]1(C)CC[C@H]1C(=O)O[C@H](c3ccoc3)C[C@]21C. The Bertz CT molecular complexity index is 1030. The maximum Gasteiger partial charge on any atom is 0.334 e. The molecule has 0 aromatic carbocycles. The molecule has 2 fully saturated rings. The lowest BCUT2D eigenvalue weighted by Gasteiger charge is -2.61. The Morgan fingerprint density at radius 3 is 2.41 bits per heavy atom. The molecule has 0 spiro atoms. The second-order valence-electron chi connectivity index (χ2n) is 9.90. The fraction of sp³-hybridized carbons (Fsp3) is 0.600. The normalized spacial score (nSPS) is 36.8. The monoisotopic (exact) mass is 474 g/mol. The number of methoxy groups -OCH3 is 1. The van der Waals surface area contributed by atoms with Gasteiger partial charge in [0, 0.05) is 36.3 Å². The van der Waals surface area contributed by atoms with E-state index in [4.69, 9.17) is 23.4 Å². The third-order valence-corrected chi connectivity index (χ3v) is 7.84. The average molecular weight is 475 g/mol. The van der Waals surface area contributed by atoms with Gasteiger partial charge in [-0.05, 0) is 36.8 Å². The zero-order chi connectivity index (χ0) is 24.8. The van der Waals surface area contributed by atoms with Crippen molar-refractivity contribution >= 4 is 23.9 Å². The summed E-state index contributed by atoms with van der Waals surface area (Å²) < 4.78 is 27.4. The van der Waals surface area contributed by atoms with Crippen LogP contribution in [0.2, 0.25) is 0 Å². The molecule has 9 heteroatoms. The van der Waals surface area contributed by atoms with Gasteiger partial charge in [-0.15, -0.1) is 0 Å². The van der Waals surface area contributed by atoms with Crippen LogP contribution in [0.1, 0.15) is 58.6 Å². The van der Waals surface area contributed by atoms with Crippen molar-refractivity contribution < 1.29 is 42.5 Å². The molecule has 4 rings (SSSR count). The lowest BCUT2D eigenvalue weighted by molar-refractivity contribution is -0.216. The lowest BCUT2D eigenvalue weighted by Crippen LogP contribution is -2.63. The van der Waals surface area contributed by atoms with Crippen molar-refractivity contribution in [2.75, 3.05) is 7.11 Å². The van der Waals surface area contributed by atoms with E-state index in [1.807, 2.05) is 13.8 Å². The molecule has 2 aliphatic carbocycles. The van der Waals surface area contributed by atoms with Crippen LogP contribution in [-0.2, 0) is 38.1 Å². The molecule has 1 aliphatic heterocycles. The van der Waals surface area contributed by atoms with E-state index in [-0.39, 0.29) is 5.97 Å². The Labute approximate surface area is 197 Å². The summed E-state index contributed by atoms with van der Waals surface area (Å²) in [5.41, 5.74) is -0.474. The highest BCUT2D eigenvalue weighted by atomic mass is 16.6. The topological polar surface area (TPSA) is 118 Å². The molecule has 34 heavy (non-hydrogen) atoms. The Morgan fingerprint density at radius 1 is 1.12 bits per heavy atom. The zero-order valence-electron chi connectivity index (χ0n) is 20.0. The van der Waals surface area contributed by atoms with Crippen molar-refractivity contribution in [2.24, 2.45) is 22.7 Å². The van der Waals surface area contributed by atoms with Crippen LogP contribution in [-0.4, -0.2) is 43.2 Å². The molecule has 2 heterocycles. The minimum absolute atomic E-state index is 0.346. The Hall–Kier alpha value is -3.10. The molecule has 1 unspecified atom stereocenters. The minimum atomic E-state index is -1.01. The van der Waals surface area contributed by atoms with Crippen LogP contribution in [0.3, 0.4) is 0 Å². The molecule has 0 radical (unpaired) electrons. The van der Waals surface area contributed by atoms with Crippen LogP contribution in [0.5, 0.6) is 0 Å². The summed E-state index contributed by atoms with van der Waals surface area (Å²) in [4.78, 5) is 50.3. The Balaban J connectivity index is 1.88. The van der Waals surface area contributed by atoms with E-state index in [0.717, 1.165) is 5.56 Å². The molecule has 0 bridgehead atoms. The summed E-state index contributed by atoms with van der Waals surface area (Å²) in [5.74, 6) is -3.03. The van der Waals surface area contributed by atoms with Crippen molar-refractivity contribution in [3.63, 3.8) is 0 Å². The third kappa shape index (κ3) is 3.80. The molecule has 1 aromatic rings. The fourth-order valence-electron chi connectivity index (χ4n) is 6.55. The molecule has 3 aliphatic rings. The molecular weight excluding hydrogens is 444 g/mol. The smallest absolute Gasteiger partial charge is 0.334 e. The number of ether oxygens (including phenoxy) is 4. The molecule has 1 aromatic heterocycles. The van der Waals surface area contributed by atoms with E-state index < -0.39 is 58.9 Å². The maximum absolute atomic E-state index is 13.2. The highest BCUT2D eigenvalue weighted by Crippen LogP contribution is 2.65. The molecular formula is C25H30O9. The number of carbonyl (C=O) groups is 4. The summed E-state index contributed by atoms with van der Waals surface area (Å²) in [6.07, 6.45) is 3.49. The van der Waals surface area contributed by atoms with E-state index in [2.05, 4.69) is 0 Å². The van der Waals surface area contributed by atoms with E-state index in [1.165, 1.54) is 39.6 Å². The van der Waals surface area contributed by atoms with Crippen molar-refractivity contribution in [3.8, 4) is 0 Å². The van der Waals surface area contributed by atoms with Crippen LogP contribution in [0, 0.1) is 22.7 Å². The number of fused-ring (bicyclic) bond motifs is 3. The Kier molecular flexibility index (Phi) is 6.08. The first-order chi connectivity index (χ1) is 16.0. The van der Waals surface area contributed by atoms with Gasteiger partial charge in [-0.2, -0.15) is 0 Å². The standard InChI is InChI=1S/C25H30O9/c1-13(26)32-18-10-17(22(28)30-5)24(3)8-6-16-23(29)34-19(15-7-9-31-12-15)11-25(16,4)21(24)20(18)33-14(2)27/h7,9-10,12,16,18-21H,6,8,11H2,1-5H3/t16-,18-,19-,20-,21?,24-,25-/m0/s1. The fourth-order valence-corrected chi connectivity index (χ4v) is 6.55. The van der Waals surface area contributed by atoms with Gasteiger partial charge in [-0.25, -0.2) is 4.79 Å². The van der Waals surface area contributed by atoms with Crippen molar-refractivity contribution in [2.45, 2.75) is 65.3 Å². The van der Waals surface area contributed by atoms with Crippen LogP contribution in [0.15, 0.2) is 34.7 Å². The van der Waals surface area contributed by atoms with Gasteiger partial charge in [0.15, 0.2) is 6.10 Å². The third-order valence-electron chi connectivity index (χ3n) is 7.84. The summed E-state index contributed by atoms with van der Waals surface area (Å²) in [6.45, 7) is 6.43. The van der Waals surface area contributed by atoms with Crippen LogP contribution in [0.25, 0.3) is 0 Å². The van der Waals surface area contributed by atoms with Gasteiger partial charge < -0.3 is 23.4 Å². The number of rotatable bonds is 4. The number of hydrogen-bond donors (Lipinski definition) is 0. The van der Waals surface area contributed by atoms with Crippen LogP contribution >= 0.6 is 0 Å². The van der Waals surface area contributed by atoms with Gasteiger partial charge in [0.05, 0.1) is 25.6 Å². The molecule has 1 saturated carbocycles. The first kappa shape index (κ1) is 24.0. The van der Waals surface area contributed by atoms with Gasteiger partial charge >= 0.3 is 23.9 Å². The van der Waals surface area contributed by atoms with Gasteiger partial charge in [0.1, 0.15) is 12.2 Å². The number of cyclic esters (lactones) is 1. The second kappa shape index (κ2) is 8.60. The van der Waals surface area contributed by atoms with Crippen molar-refractivity contribution in [1.82, 2.24) is 0 Å². The van der Waals surface area contributed by atoms with Crippen molar-refractivity contribution in [1.29, 1.82) is 0 Å². The average Bonchev–Trinajstić information content (AvgIpc) is 3.28. The predicted octanol–water partition coefficient (Wildman–Crippen LogP) is 3.28. The molecule has 9 nitrogen and oxygen atoms in total. The first-order valence-electron chi connectivity index (χ1n) is 11.4. The summed E-state index contributed by atoms with van der Waals surface area (Å²) in [5, 5.41) is 0. The van der Waals surface area contributed by atoms with Crippen LogP contribution in [0.4, 0.5) is 0 Å². The summed E-state index contributed by atoms with van der Waals surface area (Å²) in [6, 6.07) is 1.75. The van der Waals surface area contributed by atoms with Crippen LogP contribution < -0.4 is 0 Å². The second-order valence-corrected chi connectivity index (χ2v) is 9.90. The molecule has 0 amide bonds. The number of carbonyl (C=O) groups excluding carboxylic acids is 4. The predicted molar refractivity (Wildman–Crippen MR) is 116 cm³/mol. The summed E-state index contributed by atoms with van der Waals surface area (Å²) >= 11 is 0. The minimum Gasteiger partial charge on any atom is -0.472 e. The lowest BCUT2D eigenvalue weighted by atomic mass is 9.44. The largest absolute Gasteiger partial charge is 0.472 e. The van der Waals surface area contributed by atoms with E-state index in [0.29, 0.717) is 24.8 Å². The number of hydrogen-bond acceptors (Lipinski definition) is 9. The van der Waals surface area contributed by atoms with E-state index >= 15 is 0 Å².